The average molecular weight is 174 g/mol. The second-order valence-electron chi connectivity index (χ2n) is 3.05. The first-order chi connectivity index (χ1) is 6.25. The predicted octanol–water partition coefficient (Wildman–Crippen LogP) is 1.80. The highest BCUT2D eigenvalue weighted by Gasteiger charge is 2.08. The topological polar surface area (TPSA) is 38.9 Å². The number of nitrogens with zero attached hydrogens (tertiary/aromatic N) is 1. The SMILES string of the molecule is C#CCCC(N)c1ncccc1C. The number of aryl methyl sites for hydroxylation is 1. The van der Waals surface area contributed by atoms with Gasteiger partial charge in [0.1, 0.15) is 0 Å². The lowest BCUT2D eigenvalue weighted by atomic mass is 10.0. The summed E-state index contributed by atoms with van der Waals surface area (Å²) in [5, 5.41) is 0. The van der Waals surface area contributed by atoms with Gasteiger partial charge in [-0.25, -0.2) is 0 Å². The van der Waals surface area contributed by atoms with Gasteiger partial charge in [0.25, 0.3) is 0 Å². The fraction of sp³-hybridized carbons (Fsp3) is 0.364. The molecule has 0 fully saturated rings. The molecule has 0 saturated carbocycles. The summed E-state index contributed by atoms with van der Waals surface area (Å²) in [4.78, 5) is 4.24. The molecule has 1 aromatic heterocycles. The maximum absolute atomic E-state index is 5.92. The van der Waals surface area contributed by atoms with Gasteiger partial charge in [0, 0.05) is 18.7 Å². The maximum Gasteiger partial charge on any atom is 0.0600 e. The molecule has 1 heterocycles. The van der Waals surface area contributed by atoms with E-state index in [0.29, 0.717) is 6.42 Å². The maximum atomic E-state index is 5.92. The molecular formula is C11H14N2. The molecule has 0 aliphatic heterocycles. The molecule has 0 aromatic carbocycles. The molecule has 1 aromatic rings. The van der Waals surface area contributed by atoms with Crippen molar-refractivity contribution in [1.29, 1.82) is 0 Å². The van der Waals surface area contributed by atoms with Crippen molar-refractivity contribution in [3.05, 3.63) is 29.6 Å². The van der Waals surface area contributed by atoms with E-state index in [1.807, 2.05) is 19.1 Å². The summed E-state index contributed by atoms with van der Waals surface area (Å²) in [6.07, 6.45) is 8.43. The van der Waals surface area contributed by atoms with Crippen molar-refractivity contribution in [2.24, 2.45) is 5.73 Å². The van der Waals surface area contributed by atoms with Gasteiger partial charge in [0.2, 0.25) is 0 Å². The van der Waals surface area contributed by atoms with E-state index in [2.05, 4.69) is 10.9 Å². The normalized spacial score (nSPS) is 12.1. The van der Waals surface area contributed by atoms with E-state index in [-0.39, 0.29) is 6.04 Å². The largest absolute Gasteiger partial charge is 0.323 e. The third-order valence-electron chi connectivity index (χ3n) is 2.00. The smallest absolute Gasteiger partial charge is 0.0600 e. The number of terminal acetylenes is 1. The van der Waals surface area contributed by atoms with Crippen LogP contribution in [0.5, 0.6) is 0 Å². The molecule has 1 unspecified atom stereocenters. The van der Waals surface area contributed by atoms with Crippen molar-refractivity contribution < 1.29 is 0 Å². The zero-order chi connectivity index (χ0) is 9.68. The first-order valence-electron chi connectivity index (χ1n) is 4.36. The molecule has 2 N–H and O–H groups in total. The van der Waals surface area contributed by atoms with Crippen molar-refractivity contribution in [3.63, 3.8) is 0 Å². The van der Waals surface area contributed by atoms with E-state index in [9.17, 15) is 0 Å². The third kappa shape index (κ3) is 2.57. The molecule has 0 aliphatic carbocycles. The molecule has 13 heavy (non-hydrogen) atoms. The van der Waals surface area contributed by atoms with Gasteiger partial charge in [0.05, 0.1) is 5.69 Å². The van der Waals surface area contributed by atoms with Crippen LogP contribution in [0.1, 0.15) is 30.1 Å². The lowest BCUT2D eigenvalue weighted by Crippen LogP contribution is -2.13. The minimum atomic E-state index is -0.0303. The van der Waals surface area contributed by atoms with Crippen LogP contribution in [-0.4, -0.2) is 4.98 Å². The van der Waals surface area contributed by atoms with Crippen molar-refractivity contribution in [2.45, 2.75) is 25.8 Å². The number of hydrogen-bond acceptors (Lipinski definition) is 2. The zero-order valence-corrected chi connectivity index (χ0v) is 7.83. The number of rotatable bonds is 3. The van der Waals surface area contributed by atoms with Crippen LogP contribution in [0.2, 0.25) is 0 Å². The molecule has 0 spiro atoms. The predicted molar refractivity (Wildman–Crippen MR) is 54.0 cm³/mol. The van der Waals surface area contributed by atoms with Crippen molar-refractivity contribution in [2.75, 3.05) is 0 Å². The van der Waals surface area contributed by atoms with Gasteiger partial charge in [-0.3, -0.25) is 4.98 Å². The van der Waals surface area contributed by atoms with Gasteiger partial charge in [-0.1, -0.05) is 6.07 Å². The number of nitrogens with two attached hydrogens (primary N) is 1. The monoisotopic (exact) mass is 174 g/mol. The highest BCUT2D eigenvalue weighted by Crippen LogP contribution is 2.16. The van der Waals surface area contributed by atoms with Crippen LogP contribution < -0.4 is 5.73 Å². The highest BCUT2D eigenvalue weighted by atomic mass is 14.8. The molecule has 2 nitrogen and oxygen atoms in total. The fourth-order valence-electron chi connectivity index (χ4n) is 1.26. The van der Waals surface area contributed by atoms with E-state index in [1.54, 1.807) is 6.20 Å². The third-order valence-corrected chi connectivity index (χ3v) is 2.00. The van der Waals surface area contributed by atoms with Crippen LogP contribution in [0.3, 0.4) is 0 Å². The number of pyridine rings is 1. The molecule has 0 bridgehead atoms. The second kappa shape index (κ2) is 4.64. The molecule has 1 atom stereocenters. The summed E-state index contributed by atoms with van der Waals surface area (Å²) in [7, 11) is 0. The minimum Gasteiger partial charge on any atom is -0.323 e. The average Bonchev–Trinajstić information content (AvgIpc) is 2.15. The first-order valence-corrected chi connectivity index (χ1v) is 4.36. The molecular weight excluding hydrogens is 160 g/mol. The fourth-order valence-corrected chi connectivity index (χ4v) is 1.26. The standard InChI is InChI=1S/C11H14N2/c1-3-4-7-10(12)11-9(2)6-5-8-13-11/h1,5-6,8,10H,4,7,12H2,2H3. The number of hydrogen-bond donors (Lipinski definition) is 1. The van der Waals surface area contributed by atoms with Gasteiger partial charge < -0.3 is 5.73 Å². The van der Waals surface area contributed by atoms with Gasteiger partial charge in [-0.15, -0.1) is 12.3 Å². The van der Waals surface area contributed by atoms with Crippen LogP contribution in [0.4, 0.5) is 0 Å². The Hall–Kier alpha value is -1.33. The summed E-state index contributed by atoms with van der Waals surface area (Å²) >= 11 is 0. The van der Waals surface area contributed by atoms with Gasteiger partial charge >= 0.3 is 0 Å². The molecule has 2 heteroatoms. The van der Waals surface area contributed by atoms with Gasteiger partial charge in [0.15, 0.2) is 0 Å². The Morgan fingerprint density at radius 1 is 1.69 bits per heavy atom. The summed E-state index contributed by atoms with van der Waals surface area (Å²) < 4.78 is 0. The Kier molecular flexibility index (Phi) is 3.48. The Balaban J connectivity index is 2.72. The molecule has 0 amide bonds. The Bertz CT molecular complexity index is 312. The molecule has 1 rings (SSSR count). The molecule has 68 valence electrons. The van der Waals surface area contributed by atoms with Crippen LogP contribution in [0.25, 0.3) is 0 Å². The Labute approximate surface area is 79.2 Å². The van der Waals surface area contributed by atoms with Crippen LogP contribution in [-0.2, 0) is 0 Å². The zero-order valence-electron chi connectivity index (χ0n) is 7.83. The van der Waals surface area contributed by atoms with E-state index in [0.717, 1.165) is 17.7 Å². The van der Waals surface area contributed by atoms with Gasteiger partial charge in [-0.05, 0) is 25.0 Å². The summed E-state index contributed by atoms with van der Waals surface area (Å²) in [6.45, 7) is 2.01. The first kappa shape index (κ1) is 9.76. The summed E-state index contributed by atoms with van der Waals surface area (Å²) in [5.74, 6) is 2.58. The van der Waals surface area contributed by atoms with E-state index in [1.165, 1.54) is 0 Å². The van der Waals surface area contributed by atoms with E-state index >= 15 is 0 Å². The van der Waals surface area contributed by atoms with E-state index < -0.39 is 0 Å². The minimum absolute atomic E-state index is 0.0303. The van der Waals surface area contributed by atoms with Crippen LogP contribution in [0, 0.1) is 19.3 Å². The Morgan fingerprint density at radius 2 is 2.46 bits per heavy atom. The summed E-state index contributed by atoms with van der Waals surface area (Å²) in [6, 6.07) is 3.89. The van der Waals surface area contributed by atoms with Crippen molar-refractivity contribution in [3.8, 4) is 12.3 Å². The van der Waals surface area contributed by atoms with Crippen molar-refractivity contribution in [1.82, 2.24) is 4.98 Å². The Morgan fingerprint density at radius 3 is 3.08 bits per heavy atom. The highest BCUT2D eigenvalue weighted by molar-refractivity contribution is 5.20. The molecule has 0 saturated heterocycles. The quantitative estimate of drug-likeness (QED) is 0.710. The second-order valence-corrected chi connectivity index (χ2v) is 3.05. The van der Waals surface area contributed by atoms with Crippen LogP contribution >= 0.6 is 0 Å². The lowest BCUT2D eigenvalue weighted by Gasteiger charge is -2.11. The van der Waals surface area contributed by atoms with E-state index in [4.69, 9.17) is 12.2 Å². The molecule has 0 aliphatic rings. The van der Waals surface area contributed by atoms with Gasteiger partial charge in [-0.2, -0.15) is 0 Å². The van der Waals surface area contributed by atoms with Crippen LogP contribution in [0.15, 0.2) is 18.3 Å². The lowest BCUT2D eigenvalue weighted by molar-refractivity contribution is 0.643. The number of aromatic nitrogens is 1. The summed E-state index contributed by atoms with van der Waals surface area (Å²) in [5.41, 5.74) is 8.01. The molecule has 0 radical (unpaired) electrons. The van der Waals surface area contributed by atoms with Crippen molar-refractivity contribution >= 4 is 0 Å².